The van der Waals surface area contributed by atoms with Crippen molar-refractivity contribution in [2.45, 2.75) is 12.1 Å². The number of nitrogens with one attached hydrogen (secondary N) is 2. The molecule has 1 aliphatic rings. The van der Waals surface area contributed by atoms with Gasteiger partial charge in [-0.25, -0.2) is 0 Å². The van der Waals surface area contributed by atoms with Crippen LogP contribution in [0.3, 0.4) is 0 Å². The lowest BCUT2D eigenvalue weighted by molar-refractivity contribution is -0.116. The van der Waals surface area contributed by atoms with Crippen LogP contribution in [0.25, 0.3) is 6.08 Å². The first-order valence-electron chi connectivity index (χ1n) is 9.77. The first kappa shape index (κ1) is 22.6. The lowest BCUT2D eigenvalue weighted by Gasteiger charge is -2.15. The smallest absolute Gasteiger partial charge is 0.260 e. The van der Waals surface area contributed by atoms with Crippen molar-refractivity contribution in [3.63, 3.8) is 0 Å². The zero-order chi connectivity index (χ0) is 22.5. The Bertz CT molecular complexity index is 1140. The standard InChI is InChI=1S/C24H20BrClN2O3S/c1-30-21-11-8-18(26)13-20(21)27-24-28-23(29)22(32-24)12-15-4-9-19(10-5-15)31-14-16-2-6-17(25)7-3-16/h2-13,24,27H,14H2,1H3,(H,28,29)/b22-12-. The first-order valence-corrected chi connectivity index (χ1v) is 11.8. The molecule has 0 radical (unpaired) electrons. The summed E-state index contributed by atoms with van der Waals surface area (Å²) in [7, 11) is 1.59. The number of rotatable bonds is 7. The van der Waals surface area contributed by atoms with Crippen LogP contribution in [0.2, 0.25) is 5.02 Å². The highest BCUT2D eigenvalue weighted by Gasteiger charge is 2.27. The van der Waals surface area contributed by atoms with E-state index in [0.717, 1.165) is 21.3 Å². The minimum absolute atomic E-state index is 0.135. The molecule has 0 aliphatic carbocycles. The van der Waals surface area contributed by atoms with Gasteiger partial charge >= 0.3 is 0 Å². The molecule has 2 N–H and O–H groups in total. The second kappa shape index (κ2) is 10.3. The number of carbonyl (C=O) groups excluding carboxylic acids is 1. The molecule has 1 heterocycles. The predicted molar refractivity (Wildman–Crippen MR) is 134 cm³/mol. The largest absolute Gasteiger partial charge is 0.495 e. The van der Waals surface area contributed by atoms with Gasteiger partial charge in [-0.05, 0) is 59.7 Å². The van der Waals surface area contributed by atoms with Crippen molar-refractivity contribution in [2.24, 2.45) is 0 Å². The molecule has 0 aromatic heterocycles. The van der Waals surface area contributed by atoms with Gasteiger partial charge in [0.05, 0.1) is 17.7 Å². The van der Waals surface area contributed by atoms with Gasteiger partial charge in [-0.2, -0.15) is 0 Å². The van der Waals surface area contributed by atoms with Crippen molar-refractivity contribution < 1.29 is 14.3 Å². The second-order valence-electron chi connectivity index (χ2n) is 6.95. The maximum Gasteiger partial charge on any atom is 0.260 e. The van der Waals surface area contributed by atoms with Crippen molar-refractivity contribution in [1.82, 2.24) is 5.32 Å². The van der Waals surface area contributed by atoms with E-state index in [4.69, 9.17) is 21.1 Å². The lowest BCUT2D eigenvalue weighted by atomic mass is 10.2. The van der Waals surface area contributed by atoms with E-state index in [1.807, 2.05) is 54.6 Å². The molecule has 1 aliphatic heterocycles. The van der Waals surface area contributed by atoms with Crippen LogP contribution >= 0.6 is 39.3 Å². The Morgan fingerprint density at radius 3 is 2.59 bits per heavy atom. The van der Waals surface area contributed by atoms with Gasteiger partial charge in [0.1, 0.15) is 18.1 Å². The third-order valence-electron chi connectivity index (χ3n) is 4.68. The number of carbonyl (C=O) groups is 1. The van der Waals surface area contributed by atoms with E-state index >= 15 is 0 Å². The van der Waals surface area contributed by atoms with Crippen molar-refractivity contribution in [1.29, 1.82) is 0 Å². The zero-order valence-electron chi connectivity index (χ0n) is 17.1. The maximum absolute atomic E-state index is 12.4. The SMILES string of the molecule is COc1ccc(Cl)cc1NC1NC(=O)/C(=C/c2ccc(OCc3ccc(Br)cc3)cc2)S1. The molecule has 1 saturated heterocycles. The van der Waals surface area contributed by atoms with E-state index in [0.29, 0.717) is 28.0 Å². The van der Waals surface area contributed by atoms with E-state index in [9.17, 15) is 4.79 Å². The van der Waals surface area contributed by atoms with E-state index in [1.165, 1.54) is 11.8 Å². The fraction of sp³-hybridized carbons (Fsp3) is 0.125. The number of anilines is 1. The molecule has 3 aromatic rings. The number of methoxy groups -OCH3 is 1. The van der Waals surface area contributed by atoms with Gasteiger partial charge in [0.2, 0.25) is 0 Å². The number of amides is 1. The number of ether oxygens (including phenoxy) is 2. The predicted octanol–water partition coefficient (Wildman–Crippen LogP) is 6.29. The van der Waals surface area contributed by atoms with E-state index in [1.54, 1.807) is 25.3 Å². The Hall–Kier alpha value is -2.61. The maximum atomic E-state index is 12.4. The summed E-state index contributed by atoms with van der Waals surface area (Å²) in [4.78, 5) is 13.0. The normalized spacial score (nSPS) is 16.7. The molecule has 1 amide bonds. The fourth-order valence-electron chi connectivity index (χ4n) is 3.06. The Morgan fingerprint density at radius 1 is 1.12 bits per heavy atom. The fourth-order valence-corrected chi connectivity index (χ4v) is 4.47. The number of benzene rings is 3. The third kappa shape index (κ3) is 5.79. The van der Waals surface area contributed by atoms with Crippen LogP contribution < -0.4 is 20.1 Å². The molecule has 1 atom stereocenters. The van der Waals surface area contributed by atoms with E-state index in [-0.39, 0.29) is 11.4 Å². The highest BCUT2D eigenvalue weighted by molar-refractivity contribution is 9.10. The number of thioether (sulfide) groups is 1. The van der Waals surface area contributed by atoms with Gasteiger partial charge in [0.15, 0.2) is 5.50 Å². The van der Waals surface area contributed by atoms with E-state index < -0.39 is 0 Å². The van der Waals surface area contributed by atoms with Gasteiger partial charge in [-0.1, -0.05) is 63.6 Å². The summed E-state index contributed by atoms with van der Waals surface area (Å²) in [6, 6.07) is 21.0. The molecule has 164 valence electrons. The minimum Gasteiger partial charge on any atom is -0.495 e. The average molecular weight is 532 g/mol. The van der Waals surface area contributed by atoms with Crippen molar-refractivity contribution >= 4 is 57.0 Å². The topological polar surface area (TPSA) is 59.6 Å². The van der Waals surface area contributed by atoms with Crippen LogP contribution in [0.4, 0.5) is 5.69 Å². The molecule has 0 spiro atoms. The number of hydrogen-bond donors (Lipinski definition) is 2. The molecule has 1 fully saturated rings. The third-order valence-corrected chi connectivity index (χ3v) is 6.47. The van der Waals surface area contributed by atoms with Crippen molar-refractivity contribution in [2.75, 3.05) is 12.4 Å². The molecule has 1 unspecified atom stereocenters. The quantitative estimate of drug-likeness (QED) is 0.351. The first-order chi connectivity index (χ1) is 15.5. The Morgan fingerprint density at radius 2 is 1.88 bits per heavy atom. The summed E-state index contributed by atoms with van der Waals surface area (Å²) in [6.45, 7) is 0.492. The highest BCUT2D eigenvalue weighted by Crippen LogP contribution is 2.34. The van der Waals surface area contributed by atoms with Crippen LogP contribution in [0.5, 0.6) is 11.5 Å². The molecular formula is C24H20BrClN2O3S. The molecule has 3 aromatic carbocycles. The monoisotopic (exact) mass is 530 g/mol. The lowest BCUT2D eigenvalue weighted by Crippen LogP contribution is -2.31. The van der Waals surface area contributed by atoms with Crippen molar-refractivity contribution in [3.8, 4) is 11.5 Å². The summed E-state index contributed by atoms with van der Waals surface area (Å²) < 4.78 is 12.2. The summed E-state index contributed by atoms with van der Waals surface area (Å²) in [6.07, 6.45) is 1.86. The summed E-state index contributed by atoms with van der Waals surface area (Å²) >= 11 is 10.9. The second-order valence-corrected chi connectivity index (χ2v) is 9.45. The van der Waals surface area contributed by atoms with Crippen LogP contribution in [0.15, 0.2) is 76.1 Å². The highest BCUT2D eigenvalue weighted by atomic mass is 79.9. The molecule has 0 bridgehead atoms. The Labute approximate surface area is 204 Å². The van der Waals surface area contributed by atoms with Gasteiger partial charge in [0.25, 0.3) is 5.91 Å². The zero-order valence-corrected chi connectivity index (χ0v) is 20.3. The van der Waals surface area contributed by atoms with Gasteiger partial charge < -0.3 is 20.1 Å². The minimum atomic E-state index is -0.324. The molecule has 8 heteroatoms. The van der Waals surface area contributed by atoms with Crippen LogP contribution in [-0.2, 0) is 11.4 Å². The summed E-state index contributed by atoms with van der Waals surface area (Å²) in [5, 5.41) is 6.75. The Balaban J connectivity index is 1.38. The van der Waals surface area contributed by atoms with Crippen molar-refractivity contribution in [3.05, 3.63) is 92.3 Å². The van der Waals surface area contributed by atoms with Crippen LogP contribution in [0, 0.1) is 0 Å². The Kier molecular flexibility index (Phi) is 7.29. The average Bonchev–Trinajstić information content (AvgIpc) is 3.13. The van der Waals surface area contributed by atoms with Crippen LogP contribution in [-0.4, -0.2) is 18.5 Å². The summed E-state index contributed by atoms with van der Waals surface area (Å²) in [5.41, 5.74) is 2.40. The molecule has 0 saturated carbocycles. The molecule has 32 heavy (non-hydrogen) atoms. The number of halogens is 2. The van der Waals surface area contributed by atoms with Gasteiger partial charge in [-0.15, -0.1) is 0 Å². The summed E-state index contributed by atoms with van der Waals surface area (Å²) in [5.74, 6) is 1.29. The van der Waals surface area contributed by atoms with Gasteiger partial charge in [0, 0.05) is 9.50 Å². The number of hydrogen-bond acceptors (Lipinski definition) is 5. The molecule has 4 rings (SSSR count). The molecule has 5 nitrogen and oxygen atoms in total. The van der Waals surface area contributed by atoms with E-state index in [2.05, 4.69) is 26.6 Å². The van der Waals surface area contributed by atoms with Gasteiger partial charge in [-0.3, -0.25) is 4.79 Å². The molecular weight excluding hydrogens is 512 g/mol. The van der Waals surface area contributed by atoms with Crippen LogP contribution in [0.1, 0.15) is 11.1 Å².